The van der Waals surface area contributed by atoms with E-state index in [4.69, 9.17) is 5.84 Å². The van der Waals surface area contributed by atoms with Gasteiger partial charge in [-0.15, -0.1) is 12.4 Å². The van der Waals surface area contributed by atoms with Crippen LogP contribution in [0.5, 0.6) is 0 Å². The van der Waals surface area contributed by atoms with E-state index in [1.54, 1.807) is 0 Å². The average Bonchev–Trinajstić information content (AvgIpc) is 2.19. The largest absolute Gasteiger partial charge is 0.354 e. The van der Waals surface area contributed by atoms with Crippen LogP contribution >= 0.6 is 12.4 Å². The zero-order valence-electron chi connectivity index (χ0n) is 8.89. The van der Waals surface area contributed by atoms with E-state index in [2.05, 4.69) is 22.9 Å². The fourth-order valence-corrected chi connectivity index (χ4v) is 1.64. The van der Waals surface area contributed by atoms with Crippen LogP contribution in [0.4, 0.5) is 5.82 Å². The molecule has 1 aliphatic rings. The maximum Gasteiger partial charge on any atom is 0.128 e. The van der Waals surface area contributed by atoms with Gasteiger partial charge in [0.2, 0.25) is 0 Å². The van der Waals surface area contributed by atoms with Gasteiger partial charge < -0.3 is 4.90 Å². The molecule has 2 rings (SSSR count). The predicted molar refractivity (Wildman–Crippen MR) is 64.2 cm³/mol. The molecule has 0 unspecified atom stereocenters. The molecule has 1 fully saturated rings. The van der Waals surface area contributed by atoms with E-state index in [0.717, 1.165) is 32.0 Å². The molecule has 0 aliphatic carbocycles. The van der Waals surface area contributed by atoms with Crippen molar-refractivity contribution in [1.29, 1.82) is 0 Å². The van der Waals surface area contributed by atoms with E-state index in [0.29, 0.717) is 0 Å². The second kappa shape index (κ2) is 5.30. The molecule has 1 aliphatic heterocycles. The summed E-state index contributed by atoms with van der Waals surface area (Å²) in [5, 5.41) is 1.85. The number of hydrazine groups is 1. The minimum atomic E-state index is 0. The Hall–Kier alpha value is -0.840. The lowest BCUT2D eigenvalue weighted by molar-refractivity contribution is 0.265. The van der Waals surface area contributed by atoms with Crippen molar-refractivity contribution in [2.45, 2.75) is 6.92 Å². The summed E-state index contributed by atoms with van der Waals surface area (Å²) in [5.74, 6) is 6.76. The van der Waals surface area contributed by atoms with E-state index in [1.165, 1.54) is 5.56 Å². The topological polar surface area (TPSA) is 45.4 Å². The van der Waals surface area contributed by atoms with Gasteiger partial charge in [0.05, 0.1) is 0 Å². The normalized spacial score (nSPS) is 17.3. The third kappa shape index (κ3) is 3.06. The van der Waals surface area contributed by atoms with Crippen LogP contribution in [0.2, 0.25) is 0 Å². The molecule has 2 N–H and O–H groups in total. The Bertz CT molecular complexity index is 310. The van der Waals surface area contributed by atoms with Crippen molar-refractivity contribution in [2.75, 3.05) is 31.1 Å². The van der Waals surface area contributed by atoms with Gasteiger partial charge in [-0.1, -0.05) is 0 Å². The van der Waals surface area contributed by atoms with E-state index < -0.39 is 0 Å². The number of aromatic nitrogens is 1. The van der Waals surface area contributed by atoms with Crippen molar-refractivity contribution in [3.05, 3.63) is 23.9 Å². The number of hydrogen-bond acceptors (Lipinski definition) is 4. The summed E-state index contributed by atoms with van der Waals surface area (Å²) in [4.78, 5) is 6.63. The molecule has 0 aromatic carbocycles. The van der Waals surface area contributed by atoms with Crippen molar-refractivity contribution < 1.29 is 0 Å². The number of rotatable bonds is 1. The standard InChI is InChI=1S/C10H16N4.ClH/c1-9-2-3-12-10(8-9)13-4-6-14(11)7-5-13;/h2-3,8H,4-7,11H2,1H3;1H. The monoisotopic (exact) mass is 228 g/mol. The van der Waals surface area contributed by atoms with Crippen LogP contribution in [0.3, 0.4) is 0 Å². The molecule has 4 nitrogen and oxygen atoms in total. The van der Waals surface area contributed by atoms with Crippen LogP contribution in [0, 0.1) is 6.92 Å². The molecule has 0 atom stereocenters. The Labute approximate surface area is 96.5 Å². The van der Waals surface area contributed by atoms with Gasteiger partial charge in [-0.25, -0.2) is 9.99 Å². The van der Waals surface area contributed by atoms with E-state index in [1.807, 2.05) is 17.3 Å². The highest BCUT2D eigenvalue weighted by atomic mass is 35.5. The van der Waals surface area contributed by atoms with Gasteiger partial charge in [-0.05, 0) is 24.6 Å². The number of halogens is 1. The second-order valence-corrected chi connectivity index (χ2v) is 3.71. The smallest absolute Gasteiger partial charge is 0.128 e. The summed E-state index contributed by atoms with van der Waals surface area (Å²) in [7, 11) is 0. The average molecular weight is 229 g/mol. The zero-order valence-corrected chi connectivity index (χ0v) is 9.70. The van der Waals surface area contributed by atoms with Crippen LogP contribution in [-0.4, -0.2) is 36.2 Å². The predicted octanol–water partition coefficient (Wildman–Crippen LogP) is 0.808. The van der Waals surface area contributed by atoms with Crippen molar-refractivity contribution in [3.63, 3.8) is 0 Å². The molecule has 5 heteroatoms. The molecule has 0 radical (unpaired) electrons. The zero-order chi connectivity index (χ0) is 9.97. The third-order valence-electron chi connectivity index (χ3n) is 2.54. The molecule has 15 heavy (non-hydrogen) atoms. The molecule has 1 aromatic heterocycles. The fourth-order valence-electron chi connectivity index (χ4n) is 1.64. The Kier molecular flexibility index (Phi) is 4.32. The first-order chi connectivity index (χ1) is 6.75. The molecule has 0 bridgehead atoms. The lowest BCUT2D eigenvalue weighted by Crippen LogP contribution is -2.49. The van der Waals surface area contributed by atoms with Gasteiger partial charge in [0.15, 0.2) is 0 Å². The van der Waals surface area contributed by atoms with Crippen molar-refractivity contribution >= 4 is 18.2 Å². The van der Waals surface area contributed by atoms with Crippen LogP contribution in [0.25, 0.3) is 0 Å². The number of aryl methyl sites for hydroxylation is 1. The van der Waals surface area contributed by atoms with Crippen LogP contribution in [-0.2, 0) is 0 Å². The molecule has 1 saturated heterocycles. The number of nitrogens with two attached hydrogens (primary N) is 1. The van der Waals surface area contributed by atoms with Gasteiger partial charge in [0, 0.05) is 32.4 Å². The first kappa shape index (κ1) is 12.2. The number of anilines is 1. The molecule has 0 saturated carbocycles. The van der Waals surface area contributed by atoms with Crippen LogP contribution in [0.15, 0.2) is 18.3 Å². The molecular weight excluding hydrogens is 212 g/mol. The highest BCUT2D eigenvalue weighted by Gasteiger charge is 2.15. The van der Waals surface area contributed by atoms with E-state index in [9.17, 15) is 0 Å². The number of piperazine rings is 1. The van der Waals surface area contributed by atoms with Gasteiger partial charge >= 0.3 is 0 Å². The Morgan fingerprint density at radius 3 is 2.53 bits per heavy atom. The quantitative estimate of drug-likeness (QED) is 0.723. The summed E-state index contributed by atoms with van der Waals surface area (Å²) < 4.78 is 0. The second-order valence-electron chi connectivity index (χ2n) is 3.71. The molecule has 1 aromatic rings. The fraction of sp³-hybridized carbons (Fsp3) is 0.500. The Balaban J connectivity index is 0.00000112. The molecule has 84 valence electrons. The van der Waals surface area contributed by atoms with E-state index in [-0.39, 0.29) is 12.4 Å². The van der Waals surface area contributed by atoms with Crippen LogP contribution < -0.4 is 10.7 Å². The number of hydrogen-bond donors (Lipinski definition) is 1. The van der Waals surface area contributed by atoms with E-state index >= 15 is 0 Å². The maximum atomic E-state index is 5.69. The van der Waals surface area contributed by atoms with Crippen molar-refractivity contribution in [1.82, 2.24) is 9.99 Å². The lowest BCUT2D eigenvalue weighted by atomic mass is 10.2. The van der Waals surface area contributed by atoms with Gasteiger partial charge in [-0.2, -0.15) is 0 Å². The summed E-state index contributed by atoms with van der Waals surface area (Å²) in [6, 6.07) is 4.13. The highest BCUT2D eigenvalue weighted by molar-refractivity contribution is 5.85. The van der Waals surface area contributed by atoms with Crippen molar-refractivity contribution in [3.8, 4) is 0 Å². The lowest BCUT2D eigenvalue weighted by Gasteiger charge is -2.32. The first-order valence-corrected chi connectivity index (χ1v) is 4.93. The number of nitrogens with zero attached hydrogens (tertiary/aromatic N) is 3. The molecule has 2 heterocycles. The minimum Gasteiger partial charge on any atom is -0.354 e. The highest BCUT2D eigenvalue weighted by Crippen LogP contribution is 2.13. The minimum absolute atomic E-state index is 0. The number of pyridine rings is 1. The van der Waals surface area contributed by atoms with Gasteiger partial charge in [0.25, 0.3) is 0 Å². The molecular formula is C10H17ClN4. The maximum absolute atomic E-state index is 5.69. The summed E-state index contributed by atoms with van der Waals surface area (Å²) in [5.41, 5.74) is 1.25. The van der Waals surface area contributed by atoms with Gasteiger partial charge in [0.1, 0.15) is 5.82 Å². The Morgan fingerprint density at radius 2 is 1.93 bits per heavy atom. The van der Waals surface area contributed by atoms with Crippen LogP contribution in [0.1, 0.15) is 5.56 Å². The SMILES string of the molecule is Cc1ccnc(N2CCN(N)CC2)c1.Cl. The summed E-state index contributed by atoms with van der Waals surface area (Å²) in [6.07, 6.45) is 1.86. The third-order valence-corrected chi connectivity index (χ3v) is 2.54. The summed E-state index contributed by atoms with van der Waals surface area (Å²) >= 11 is 0. The first-order valence-electron chi connectivity index (χ1n) is 4.93. The summed E-state index contributed by atoms with van der Waals surface area (Å²) in [6.45, 7) is 5.84. The van der Waals surface area contributed by atoms with Gasteiger partial charge in [-0.3, -0.25) is 5.84 Å². The molecule has 0 amide bonds. The molecule has 0 spiro atoms. The van der Waals surface area contributed by atoms with Crippen molar-refractivity contribution in [2.24, 2.45) is 5.84 Å². The Morgan fingerprint density at radius 1 is 1.27 bits per heavy atom.